The van der Waals surface area contributed by atoms with Crippen LogP contribution in [0.1, 0.15) is 40.5 Å². The molecule has 0 N–H and O–H groups in total. The molecule has 0 aromatic rings. The number of carbonyl (C=O) groups excluding carboxylic acids is 1. The molecule has 0 heterocycles. The molecule has 14 heavy (non-hydrogen) atoms. The summed E-state index contributed by atoms with van der Waals surface area (Å²) in [5.41, 5.74) is -0.0329. The first kappa shape index (κ1) is 13.4. The van der Waals surface area contributed by atoms with E-state index in [2.05, 4.69) is 20.8 Å². The molecule has 0 unspecified atom stereocenters. The zero-order valence-electron chi connectivity index (χ0n) is 10.1. The van der Waals surface area contributed by atoms with Crippen LogP contribution in [0, 0.1) is 0 Å². The van der Waals surface area contributed by atoms with Crippen molar-refractivity contribution in [1.82, 2.24) is 4.90 Å². The van der Waals surface area contributed by atoms with Crippen molar-refractivity contribution < 1.29 is 9.53 Å². The summed E-state index contributed by atoms with van der Waals surface area (Å²) in [6, 6.07) is 0. The molecule has 1 amide bonds. The minimum atomic E-state index is -0.0329. The molecule has 0 aliphatic rings. The number of amides is 1. The first-order chi connectivity index (χ1) is 6.39. The largest absolute Gasteiger partial charge is 0.376 e. The molecule has 0 spiro atoms. The van der Waals surface area contributed by atoms with E-state index in [4.69, 9.17) is 4.74 Å². The highest BCUT2D eigenvalue weighted by Gasteiger charge is 2.14. The zero-order chi connectivity index (χ0) is 11.2. The van der Waals surface area contributed by atoms with Crippen LogP contribution in [0.15, 0.2) is 0 Å². The quantitative estimate of drug-likeness (QED) is 0.616. The van der Waals surface area contributed by atoms with Crippen LogP contribution < -0.4 is 0 Å². The molecule has 0 bridgehead atoms. The number of carbonyl (C=O) groups is 1. The van der Waals surface area contributed by atoms with Gasteiger partial charge in [0, 0.05) is 27.1 Å². The van der Waals surface area contributed by atoms with Crippen molar-refractivity contribution in [3.63, 3.8) is 0 Å². The van der Waals surface area contributed by atoms with Crippen molar-refractivity contribution in [3.8, 4) is 0 Å². The molecule has 0 rings (SSSR count). The minimum Gasteiger partial charge on any atom is -0.376 e. The molecule has 3 nitrogen and oxygen atoms in total. The SMILES string of the molecule is CCC(C)(C)OCCCN(C)C(C)=O. The summed E-state index contributed by atoms with van der Waals surface area (Å²) in [5, 5.41) is 0. The van der Waals surface area contributed by atoms with E-state index in [1.54, 1.807) is 11.8 Å². The Morgan fingerprint density at radius 3 is 2.43 bits per heavy atom. The number of rotatable bonds is 6. The van der Waals surface area contributed by atoms with E-state index in [0.29, 0.717) is 0 Å². The van der Waals surface area contributed by atoms with Gasteiger partial charge in [0.25, 0.3) is 0 Å². The summed E-state index contributed by atoms with van der Waals surface area (Å²) in [5.74, 6) is 0.111. The van der Waals surface area contributed by atoms with Gasteiger partial charge in [-0.1, -0.05) is 6.92 Å². The fraction of sp³-hybridized carbons (Fsp3) is 0.909. The standard InChI is InChI=1S/C11H23NO2/c1-6-11(3,4)14-9-7-8-12(5)10(2)13/h6-9H2,1-5H3. The van der Waals surface area contributed by atoms with E-state index < -0.39 is 0 Å². The Bertz CT molecular complexity index is 178. The van der Waals surface area contributed by atoms with Crippen LogP contribution in [0.4, 0.5) is 0 Å². The summed E-state index contributed by atoms with van der Waals surface area (Å²) < 4.78 is 5.67. The first-order valence-corrected chi connectivity index (χ1v) is 5.24. The number of nitrogens with zero attached hydrogens (tertiary/aromatic N) is 1. The lowest BCUT2D eigenvalue weighted by Gasteiger charge is -2.24. The molecule has 84 valence electrons. The first-order valence-electron chi connectivity index (χ1n) is 5.24. The van der Waals surface area contributed by atoms with Gasteiger partial charge in [-0.05, 0) is 26.7 Å². The molecule has 0 saturated carbocycles. The molecule has 0 aromatic carbocycles. The summed E-state index contributed by atoms with van der Waals surface area (Å²) in [6.07, 6.45) is 1.91. The van der Waals surface area contributed by atoms with Gasteiger partial charge < -0.3 is 9.64 Å². The Morgan fingerprint density at radius 1 is 1.43 bits per heavy atom. The average Bonchev–Trinajstić information content (AvgIpc) is 2.12. The molecular formula is C11H23NO2. The zero-order valence-corrected chi connectivity index (χ0v) is 10.1. The maximum atomic E-state index is 10.9. The van der Waals surface area contributed by atoms with Crippen molar-refractivity contribution in [3.05, 3.63) is 0 Å². The Morgan fingerprint density at radius 2 is 2.00 bits per heavy atom. The second kappa shape index (κ2) is 6.02. The molecule has 0 aliphatic heterocycles. The fourth-order valence-electron chi connectivity index (χ4n) is 0.910. The Hall–Kier alpha value is -0.570. The van der Waals surface area contributed by atoms with Gasteiger partial charge in [0.1, 0.15) is 0 Å². The Balaban J connectivity index is 3.52. The van der Waals surface area contributed by atoms with Gasteiger partial charge in [0.05, 0.1) is 5.60 Å². The number of hydrogen-bond acceptors (Lipinski definition) is 2. The van der Waals surface area contributed by atoms with Gasteiger partial charge >= 0.3 is 0 Å². The summed E-state index contributed by atoms with van der Waals surface area (Å²) in [4.78, 5) is 12.6. The average molecular weight is 201 g/mol. The maximum absolute atomic E-state index is 10.9. The predicted octanol–water partition coefficient (Wildman–Crippen LogP) is 2.06. The second-order valence-corrected chi connectivity index (χ2v) is 4.26. The maximum Gasteiger partial charge on any atom is 0.219 e. The lowest BCUT2D eigenvalue weighted by atomic mass is 10.1. The van der Waals surface area contributed by atoms with Crippen molar-refractivity contribution >= 4 is 5.91 Å². The van der Waals surface area contributed by atoms with Crippen molar-refractivity contribution in [2.24, 2.45) is 0 Å². The van der Waals surface area contributed by atoms with Gasteiger partial charge in [-0.2, -0.15) is 0 Å². The highest BCUT2D eigenvalue weighted by Crippen LogP contribution is 2.13. The van der Waals surface area contributed by atoms with Crippen LogP contribution in [-0.4, -0.2) is 36.6 Å². The summed E-state index contributed by atoms with van der Waals surface area (Å²) >= 11 is 0. The van der Waals surface area contributed by atoms with Crippen molar-refractivity contribution in [1.29, 1.82) is 0 Å². The molecular weight excluding hydrogens is 178 g/mol. The van der Waals surface area contributed by atoms with Crippen molar-refractivity contribution in [2.45, 2.75) is 46.1 Å². The van der Waals surface area contributed by atoms with Crippen LogP contribution in [-0.2, 0) is 9.53 Å². The van der Waals surface area contributed by atoms with Crippen LogP contribution in [0.25, 0.3) is 0 Å². The molecule has 0 saturated heterocycles. The lowest BCUT2D eigenvalue weighted by molar-refractivity contribution is -0.127. The third-order valence-electron chi connectivity index (χ3n) is 2.52. The summed E-state index contributed by atoms with van der Waals surface area (Å²) in [7, 11) is 1.81. The summed E-state index contributed by atoms with van der Waals surface area (Å²) in [6.45, 7) is 9.36. The fourth-order valence-corrected chi connectivity index (χ4v) is 0.910. The third kappa shape index (κ3) is 5.97. The topological polar surface area (TPSA) is 29.5 Å². The van der Waals surface area contributed by atoms with E-state index in [1.165, 1.54) is 0 Å². The minimum absolute atomic E-state index is 0.0329. The molecule has 0 radical (unpaired) electrons. The van der Waals surface area contributed by atoms with Gasteiger partial charge in [-0.15, -0.1) is 0 Å². The predicted molar refractivity (Wildman–Crippen MR) is 58.3 cm³/mol. The molecule has 0 aliphatic carbocycles. The highest BCUT2D eigenvalue weighted by molar-refractivity contribution is 5.72. The van der Waals surface area contributed by atoms with Gasteiger partial charge in [-0.3, -0.25) is 4.79 Å². The number of ether oxygens (including phenoxy) is 1. The monoisotopic (exact) mass is 201 g/mol. The molecule has 0 atom stereocenters. The van der Waals surface area contributed by atoms with Gasteiger partial charge in [0.2, 0.25) is 5.91 Å². The van der Waals surface area contributed by atoms with Crippen LogP contribution in [0.2, 0.25) is 0 Å². The van der Waals surface area contributed by atoms with Crippen LogP contribution in [0.5, 0.6) is 0 Å². The van der Waals surface area contributed by atoms with E-state index >= 15 is 0 Å². The lowest BCUT2D eigenvalue weighted by Crippen LogP contribution is -2.28. The highest BCUT2D eigenvalue weighted by atomic mass is 16.5. The number of hydrogen-bond donors (Lipinski definition) is 0. The normalized spacial score (nSPS) is 11.5. The Labute approximate surface area is 87.4 Å². The van der Waals surface area contributed by atoms with Gasteiger partial charge in [0.15, 0.2) is 0 Å². The van der Waals surface area contributed by atoms with Gasteiger partial charge in [-0.25, -0.2) is 0 Å². The third-order valence-corrected chi connectivity index (χ3v) is 2.52. The van der Waals surface area contributed by atoms with E-state index in [9.17, 15) is 4.79 Å². The van der Waals surface area contributed by atoms with Crippen LogP contribution >= 0.6 is 0 Å². The van der Waals surface area contributed by atoms with Crippen LogP contribution in [0.3, 0.4) is 0 Å². The second-order valence-electron chi connectivity index (χ2n) is 4.26. The van der Waals surface area contributed by atoms with Crippen molar-refractivity contribution in [2.75, 3.05) is 20.2 Å². The molecule has 3 heteroatoms. The van der Waals surface area contributed by atoms with E-state index in [1.807, 2.05) is 7.05 Å². The van der Waals surface area contributed by atoms with E-state index in [0.717, 1.165) is 26.0 Å². The van der Waals surface area contributed by atoms with E-state index in [-0.39, 0.29) is 11.5 Å². The Kier molecular flexibility index (Phi) is 5.77. The molecule has 0 aromatic heterocycles. The molecule has 0 fully saturated rings. The smallest absolute Gasteiger partial charge is 0.219 e.